The molecule has 2 aromatic heterocycles. The number of anilines is 1. The lowest BCUT2D eigenvalue weighted by molar-refractivity contribution is -0.187. The van der Waals surface area contributed by atoms with Crippen molar-refractivity contribution in [2.24, 2.45) is 0 Å². The summed E-state index contributed by atoms with van der Waals surface area (Å²) in [6.45, 7) is 2.96. The quantitative estimate of drug-likeness (QED) is 0.510. The van der Waals surface area contributed by atoms with Crippen molar-refractivity contribution in [3.05, 3.63) is 49.1 Å². The Morgan fingerprint density at radius 1 is 1.16 bits per heavy atom. The van der Waals surface area contributed by atoms with Gasteiger partial charge in [0.15, 0.2) is 5.82 Å². The average molecular weight is 427 g/mol. The zero-order valence-corrected chi connectivity index (χ0v) is 16.8. The molecule has 1 fully saturated rings. The van der Waals surface area contributed by atoms with E-state index in [4.69, 9.17) is 18.9 Å². The van der Waals surface area contributed by atoms with Gasteiger partial charge in [0.2, 0.25) is 12.0 Å². The number of carbonyl (C=O) groups excluding carboxylic acids is 2. The molecular formula is C20H21N5O6. The van der Waals surface area contributed by atoms with Crippen LogP contribution in [0.4, 0.5) is 5.82 Å². The van der Waals surface area contributed by atoms with E-state index in [0.717, 1.165) is 12.2 Å². The molecule has 162 valence electrons. The van der Waals surface area contributed by atoms with E-state index in [-0.39, 0.29) is 19.1 Å². The van der Waals surface area contributed by atoms with Crippen molar-refractivity contribution in [3.63, 3.8) is 0 Å². The van der Waals surface area contributed by atoms with Crippen LogP contribution in [-0.2, 0) is 19.1 Å². The molecule has 0 aliphatic carbocycles. The maximum atomic E-state index is 12.2. The fraction of sp³-hybridized carbons (Fsp3) is 0.350. The van der Waals surface area contributed by atoms with Crippen molar-refractivity contribution in [1.82, 2.24) is 20.3 Å². The number of pyridine rings is 1. The molecule has 1 unspecified atom stereocenters. The van der Waals surface area contributed by atoms with E-state index >= 15 is 0 Å². The standard InChI is InChI=1S/C20H21N5O6/c1-20-19(30-15(26)4-5-16(27)31-20)24-9-10-25(20)17-18(23-8-7-22-17)29-12-11-28-14-3-2-6-21-13-14/h2-8,13,19,24H,9-12H2,1H3/b5-4+/t19?,20-/m1/s1. The molecule has 0 aromatic carbocycles. The average Bonchev–Trinajstić information content (AvgIpc) is 2.77. The van der Waals surface area contributed by atoms with Crippen molar-refractivity contribution >= 4 is 17.8 Å². The maximum absolute atomic E-state index is 12.2. The lowest BCUT2D eigenvalue weighted by Gasteiger charge is -2.48. The Balaban J connectivity index is 1.52. The molecule has 31 heavy (non-hydrogen) atoms. The number of hydrogen-bond donors (Lipinski definition) is 1. The number of nitrogens with zero attached hydrogens (tertiary/aromatic N) is 4. The normalized spacial score (nSPS) is 24.2. The van der Waals surface area contributed by atoms with E-state index in [1.54, 1.807) is 36.4 Å². The molecule has 0 saturated carbocycles. The van der Waals surface area contributed by atoms with Crippen LogP contribution >= 0.6 is 0 Å². The molecule has 0 bridgehead atoms. The lowest BCUT2D eigenvalue weighted by Crippen LogP contribution is -2.69. The topological polar surface area (TPSA) is 125 Å². The van der Waals surface area contributed by atoms with E-state index < -0.39 is 23.9 Å². The minimum Gasteiger partial charge on any atom is -0.488 e. The molecule has 0 amide bonds. The monoisotopic (exact) mass is 427 g/mol. The van der Waals surface area contributed by atoms with Crippen LogP contribution in [0.2, 0.25) is 0 Å². The number of esters is 2. The van der Waals surface area contributed by atoms with Crippen molar-refractivity contribution in [2.45, 2.75) is 18.9 Å². The highest BCUT2D eigenvalue weighted by Crippen LogP contribution is 2.35. The number of rotatable bonds is 6. The minimum atomic E-state index is -1.36. The SMILES string of the molecule is C[C@@]12OC(=O)/C=C/C(=O)OC1NCCN2c1nccnc1OCCOc1cccnc1. The minimum absolute atomic E-state index is 0.199. The van der Waals surface area contributed by atoms with Gasteiger partial charge in [-0.15, -0.1) is 0 Å². The van der Waals surface area contributed by atoms with Gasteiger partial charge in [-0.05, 0) is 12.1 Å². The summed E-state index contributed by atoms with van der Waals surface area (Å²) in [5.74, 6) is -0.107. The molecule has 1 saturated heterocycles. The largest absolute Gasteiger partial charge is 0.488 e. The summed E-state index contributed by atoms with van der Waals surface area (Å²) in [7, 11) is 0. The third-order valence-electron chi connectivity index (χ3n) is 4.71. The van der Waals surface area contributed by atoms with Crippen LogP contribution in [0.25, 0.3) is 0 Å². The number of aromatic nitrogens is 3. The molecule has 11 nitrogen and oxygen atoms in total. The smallest absolute Gasteiger partial charge is 0.333 e. The summed E-state index contributed by atoms with van der Waals surface area (Å²) in [4.78, 5) is 38.5. The first-order valence-corrected chi connectivity index (χ1v) is 9.65. The molecule has 0 spiro atoms. The van der Waals surface area contributed by atoms with E-state index in [2.05, 4.69) is 20.3 Å². The second kappa shape index (κ2) is 8.96. The Kier molecular flexibility index (Phi) is 5.94. The summed E-state index contributed by atoms with van der Waals surface area (Å²) in [5, 5.41) is 3.06. The number of piperazine rings is 1. The zero-order valence-electron chi connectivity index (χ0n) is 16.8. The Morgan fingerprint density at radius 3 is 2.81 bits per heavy atom. The molecule has 0 radical (unpaired) electrons. The Bertz CT molecular complexity index is 972. The maximum Gasteiger partial charge on any atom is 0.333 e. The second-order valence-electron chi connectivity index (χ2n) is 6.80. The van der Waals surface area contributed by atoms with Crippen LogP contribution in [0, 0.1) is 0 Å². The van der Waals surface area contributed by atoms with Crippen LogP contribution in [0.1, 0.15) is 6.92 Å². The third kappa shape index (κ3) is 4.56. The van der Waals surface area contributed by atoms with Gasteiger partial charge in [-0.2, -0.15) is 0 Å². The molecule has 2 aromatic rings. The summed E-state index contributed by atoms with van der Waals surface area (Å²) in [5.41, 5.74) is -1.36. The first kappa shape index (κ1) is 20.5. The van der Waals surface area contributed by atoms with Crippen molar-refractivity contribution in [2.75, 3.05) is 31.2 Å². The number of fused-ring (bicyclic) bond motifs is 1. The molecule has 4 rings (SSSR count). The highest BCUT2D eigenvalue weighted by molar-refractivity contribution is 5.92. The number of carbonyl (C=O) groups is 2. The van der Waals surface area contributed by atoms with Gasteiger partial charge in [0.1, 0.15) is 19.0 Å². The summed E-state index contributed by atoms with van der Waals surface area (Å²) < 4.78 is 22.4. The fourth-order valence-electron chi connectivity index (χ4n) is 3.30. The van der Waals surface area contributed by atoms with Crippen LogP contribution in [0.3, 0.4) is 0 Å². The van der Waals surface area contributed by atoms with E-state index in [0.29, 0.717) is 24.7 Å². The van der Waals surface area contributed by atoms with Crippen LogP contribution in [0.15, 0.2) is 49.1 Å². The van der Waals surface area contributed by atoms with Gasteiger partial charge in [-0.1, -0.05) is 0 Å². The van der Waals surface area contributed by atoms with E-state index in [1.165, 1.54) is 12.4 Å². The predicted octanol–water partition coefficient (Wildman–Crippen LogP) is 0.438. The first-order chi connectivity index (χ1) is 15.1. The second-order valence-corrected chi connectivity index (χ2v) is 6.80. The van der Waals surface area contributed by atoms with Gasteiger partial charge in [0.05, 0.1) is 6.20 Å². The Morgan fingerprint density at radius 2 is 1.97 bits per heavy atom. The number of hydrogen-bond acceptors (Lipinski definition) is 11. The number of nitrogens with one attached hydrogen (secondary N) is 1. The van der Waals surface area contributed by atoms with Crippen LogP contribution in [0.5, 0.6) is 11.6 Å². The molecule has 2 aliphatic rings. The summed E-state index contributed by atoms with van der Waals surface area (Å²) in [6.07, 6.45) is 7.41. The number of ether oxygens (including phenoxy) is 4. The van der Waals surface area contributed by atoms with Gasteiger partial charge in [-0.3, -0.25) is 10.3 Å². The molecule has 4 heterocycles. The van der Waals surface area contributed by atoms with Gasteiger partial charge in [-0.25, -0.2) is 19.6 Å². The van der Waals surface area contributed by atoms with Crippen molar-refractivity contribution in [1.29, 1.82) is 0 Å². The highest BCUT2D eigenvalue weighted by Gasteiger charge is 2.50. The molecule has 2 aliphatic heterocycles. The predicted molar refractivity (Wildman–Crippen MR) is 106 cm³/mol. The van der Waals surface area contributed by atoms with Crippen LogP contribution in [-0.4, -0.2) is 65.1 Å². The molecule has 1 N–H and O–H groups in total. The lowest BCUT2D eigenvalue weighted by atomic mass is 10.1. The van der Waals surface area contributed by atoms with Gasteiger partial charge >= 0.3 is 11.9 Å². The molecule has 11 heteroatoms. The van der Waals surface area contributed by atoms with Crippen LogP contribution < -0.4 is 19.7 Å². The Hall–Kier alpha value is -3.73. The first-order valence-electron chi connectivity index (χ1n) is 9.65. The summed E-state index contributed by atoms with van der Waals surface area (Å²) >= 11 is 0. The van der Waals surface area contributed by atoms with Crippen molar-refractivity contribution in [3.8, 4) is 11.6 Å². The molecular weight excluding hydrogens is 406 g/mol. The van der Waals surface area contributed by atoms with Gasteiger partial charge in [0, 0.05) is 50.8 Å². The summed E-state index contributed by atoms with van der Waals surface area (Å²) in [6, 6.07) is 3.57. The van der Waals surface area contributed by atoms with E-state index in [1.807, 2.05) is 0 Å². The Labute approximate surface area is 178 Å². The van der Waals surface area contributed by atoms with Crippen molar-refractivity contribution < 1.29 is 28.5 Å². The van der Waals surface area contributed by atoms with Gasteiger partial charge < -0.3 is 23.8 Å². The van der Waals surface area contributed by atoms with E-state index in [9.17, 15) is 9.59 Å². The fourth-order valence-corrected chi connectivity index (χ4v) is 3.30. The van der Waals surface area contributed by atoms with Gasteiger partial charge in [0.25, 0.3) is 5.88 Å². The highest BCUT2D eigenvalue weighted by atomic mass is 16.6. The molecule has 2 atom stereocenters. The third-order valence-corrected chi connectivity index (χ3v) is 4.71. The zero-order chi connectivity index (χ0) is 21.7.